The molecule has 0 unspecified atom stereocenters. The zero-order valence-electron chi connectivity index (χ0n) is 16.5. The molecule has 0 aromatic heterocycles. The summed E-state index contributed by atoms with van der Waals surface area (Å²) in [5.41, 5.74) is 0. The second-order valence-electron chi connectivity index (χ2n) is 6.81. The van der Waals surface area contributed by atoms with E-state index in [9.17, 15) is 0 Å². The van der Waals surface area contributed by atoms with Crippen LogP contribution in [0.1, 0.15) is 59.3 Å². The van der Waals surface area contributed by atoms with Crippen molar-refractivity contribution in [2.75, 3.05) is 44.3 Å². The zero-order chi connectivity index (χ0) is 17.9. The van der Waals surface area contributed by atoms with E-state index in [1.54, 1.807) is 0 Å². The maximum absolute atomic E-state index is 8.62. The fourth-order valence-corrected chi connectivity index (χ4v) is 17.5. The molecule has 0 aromatic rings. The van der Waals surface area contributed by atoms with Crippen LogP contribution >= 0.6 is 0 Å². The molecular weight excluding hydrogens is 411 g/mol. The van der Waals surface area contributed by atoms with Crippen LogP contribution in [0.15, 0.2) is 0 Å². The van der Waals surface area contributed by atoms with Gasteiger partial charge in [-0.3, -0.25) is 0 Å². The van der Waals surface area contributed by atoms with Gasteiger partial charge in [0.25, 0.3) is 0 Å². The number of aliphatic hydroxyl groups excluding tert-OH is 1. The molecule has 5 heteroatoms. The van der Waals surface area contributed by atoms with Crippen molar-refractivity contribution in [2.45, 2.75) is 72.6 Å². The third-order valence-electron chi connectivity index (χ3n) is 4.57. The third-order valence-corrected chi connectivity index (χ3v) is 19.0. The average Bonchev–Trinajstić information content (AvgIpc) is 2.61. The predicted molar refractivity (Wildman–Crippen MR) is 104 cm³/mol. The molecule has 0 radical (unpaired) electrons. The van der Waals surface area contributed by atoms with E-state index in [1.807, 2.05) is 0 Å². The first kappa shape index (κ1) is 24.6. The number of aliphatic hydroxyl groups is 1. The van der Waals surface area contributed by atoms with E-state index in [2.05, 4.69) is 20.8 Å². The summed E-state index contributed by atoms with van der Waals surface area (Å²) < 4.78 is 22.4. The summed E-state index contributed by atoms with van der Waals surface area (Å²) >= 11 is -2.12. The first-order valence-corrected chi connectivity index (χ1v) is 18.2. The average molecular weight is 453 g/mol. The number of hydrogen-bond acceptors (Lipinski definition) is 4. The monoisotopic (exact) mass is 454 g/mol. The standard InChI is InChI=1S/C7H15O4.3C4H9.Sn/c1-9-4-5-11-7-6-10-3-2-8;3*1-3-4-2;/h8H,1-7H2;3*1,3-4H2,2H3;. The molecule has 0 atom stereocenters. The van der Waals surface area contributed by atoms with Crippen LogP contribution in [0, 0.1) is 0 Å². The molecule has 1 N–H and O–H groups in total. The predicted octanol–water partition coefficient (Wildman–Crippen LogP) is 4.42. The first-order valence-electron chi connectivity index (χ1n) is 10.1. The molecule has 0 aromatic carbocycles. The molecule has 0 heterocycles. The molecule has 0 saturated heterocycles. The van der Waals surface area contributed by atoms with Gasteiger partial charge in [0.15, 0.2) is 0 Å². The van der Waals surface area contributed by atoms with Crippen LogP contribution in [-0.4, -0.2) is 67.7 Å². The van der Waals surface area contributed by atoms with E-state index in [1.165, 1.54) is 51.8 Å². The second kappa shape index (κ2) is 18.4. The van der Waals surface area contributed by atoms with Crippen molar-refractivity contribution in [1.29, 1.82) is 0 Å². The van der Waals surface area contributed by atoms with Crippen LogP contribution in [0.25, 0.3) is 0 Å². The SMILES string of the molecule is CCC[CH2][Sn]([CH2]CCC)([CH2]CCC)[CH2]OCCOCCOCCO. The number of ether oxygens (including phenoxy) is 3. The van der Waals surface area contributed by atoms with Gasteiger partial charge in [0.2, 0.25) is 0 Å². The molecule has 4 nitrogen and oxygen atoms in total. The number of unbranched alkanes of at least 4 members (excludes halogenated alkanes) is 3. The summed E-state index contributed by atoms with van der Waals surface area (Å²) in [5.74, 6) is 0. The molecule has 0 amide bonds. The van der Waals surface area contributed by atoms with Crippen molar-refractivity contribution < 1.29 is 19.3 Å². The normalized spacial score (nSPS) is 12.0. The Morgan fingerprint density at radius 3 is 1.46 bits per heavy atom. The second-order valence-corrected chi connectivity index (χ2v) is 20.5. The molecule has 146 valence electrons. The van der Waals surface area contributed by atoms with Gasteiger partial charge in [0.05, 0.1) is 0 Å². The quantitative estimate of drug-likeness (QED) is 0.233. The Hall–Kier alpha value is 0.639. The molecule has 0 spiro atoms. The molecule has 0 aliphatic heterocycles. The van der Waals surface area contributed by atoms with Gasteiger partial charge >= 0.3 is 155 Å². The summed E-state index contributed by atoms with van der Waals surface area (Å²) in [7, 11) is 0. The van der Waals surface area contributed by atoms with Crippen molar-refractivity contribution in [3.05, 3.63) is 0 Å². The van der Waals surface area contributed by atoms with E-state index in [4.69, 9.17) is 19.3 Å². The van der Waals surface area contributed by atoms with E-state index in [-0.39, 0.29) is 6.61 Å². The van der Waals surface area contributed by atoms with Crippen LogP contribution < -0.4 is 0 Å². The van der Waals surface area contributed by atoms with E-state index < -0.39 is 18.4 Å². The van der Waals surface area contributed by atoms with Crippen molar-refractivity contribution in [1.82, 2.24) is 0 Å². The summed E-state index contributed by atoms with van der Waals surface area (Å²) in [6.07, 6.45) is 8.12. The molecule has 0 rings (SSSR count). The van der Waals surface area contributed by atoms with Gasteiger partial charge in [-0.2, -0.15) is 0 Å². The van der Waals surface area contributed by atoms with Gasteiger partial charge < -0.3 is 0 Å². The molecule has 24 heavy (non-hydrogen) atoms. The van der Waals surface area contributed by atoms with Gasteiger partial charge in [-0.1, -0.05) is 0 Å². The Labute approximate surface area is 154 Å². The molecule has 0 saturated carbocycles. The minimum atomic E-state index is -2.12. The fourth-order valence-electron chi connectivity index (χ4n) is 3.04. The molecular formula is C19H42O4Sn. The van der Waals surface area contributed by atoms with Gasteiger partial charge in [-0.05, 0) is 0 Å². The van der Waals surface area contributed by atoms with Crippen LogP contribution in [0.3, 0.4) is 0 Å². The third kappa shape index (κ3) is 13.9. The van der Waals surface area contributed by atoms with E-state index in [0.29, 0.717) is 33.0 Å². The van der Waals surface area contributed by atoms with Gasteiger partial charge in [0, 0.05) is 0 Å². The van der Waals surface area contributed by atoms with E-state index in [0.717, 1.165) is 4.62 Å². The van der Waals surface area contributed by atoms with Gasteiger partial charge in [-0.25, -0.2) is 0 Å². The van der Waals surface area contributed by atoms with Crippen LogP contribution in [0.2, 0.25) is 13.3 Å². The van der Waals surface area contributed by atoms with Crippen molar-refractivity contribution in [2.24, 2.45) is 0 Å². The maximum atomic E-state index is 8.62. The first-order chi connectivity index (χ1) is 11.7. The van der Waals surface area contributed by atoms with E-state index >= 15 is 0 Å². The molecule has 0 fully saturated rings. The van der Waals surface area contributed by atoms with Gasteiger partial charge in [0.1, 0.15) is 0 Å². The number of rotatable bonds is 19. The van der Waals surface area contributed by atoms with Crippen LogP contribution in [0.5, 0.6) is 0 Å². The number of hydrogen-bond donors (Lipinski definition) is 1. The van der Waals surface area contributed by atoms with Crippen LogP contribution in [-0.2, 0) is 14.2 Å². The summed E-state index contributed by atoms with van der Waals surface area (Å²) in [5, 5.41) is 8.62. The Kier molecular flexibility index (Phi) is 18.9. The van der Waals surface area contributed by atoms with Crippen molar-refractivity contribution in [3.8, 4) is 0 Å². The van der Waals surface area contributed by atoms with Crippen molar-refractivity contribution in [3.63, 3.8) is 0 Å². The Balaban J connectivity index is 4.07. The van der Waals surface area contributed by atoms with Crippen molar-refractivity contribution >= 4 is 18.4 Å². The summed E-state index contributed by atoms with van der Waals surface area (Å²) in [4.78, 5) is 0. The topological polar surface area (TPSA) is 47.9 Å². The Bertz CT molecular complexity index is 230. The van der Waals surface area contributed by atoms with Gasteiger partial charge in [-0.15, -0.1) is 0 Å². The Morgan fingerprint density at radius 2 is 1.04 bits per heavy atom. The molecule has 0 bridgehead atoms. The summed E-state index contributed by atoms with van der Waals surface area (Å²) in [6.45, 7) is 9.89. The zero-order valence-corrected chi connectivity index (χ0v) is 19.3. The minimum absolute atomic E-state index is 0.0749. The molecule has 0 aliphatic rings. The summed E-state index contributed by atoms with van der Waals surface area (Å²) in [6, 6.07) is 0. The fraction of sp³-hybridized carbons (Fsp3) is 1.00. The van der Waals surface area contributed by atoms with Crippen LogP contribution in [0.4, 0.5) is 0 Å². The molecule has 0 aliphatic carbocycles. The Morgan fingerprint density at radius 1 is 0.625 bits per heavy atom.